The Morgan fingerprint density at radius 1 is 0.895 bits per heavy atom. The van der Waals surface area contributed by atoms with Crippen LogP contribution in [-0.4, -0.2) is 5.11 Å². The highest BCUT2D eigenvalue weighted by molar-refractivity contribution is 9.10. The minimum Gasteiger partial charge on any atom is -0.504 e. The lowest BCUT2D eigenvalue weighted by Gasteiger charge is -2.01. The molecule has 0 atom stereocenters. The van der Waals surface area contributed by atoms with E-state index in [-0.39, 0.29) is 16.5 Å². The number of benzene rings is 2. The van der Waals surface area contributed by atoms with Crippen molar-refractivity contribution < 1.29 is 5.11 Å². The zero-order chi connectivity index (χ0) is 14.0. The van der Waals surface area contributed by atoms with E-state index < -0.39 is 0 Å². The molecule has 0 amide bonds. The van der Waals surface area contributed by atoms with Crippen LogP contribution in [0.5, 0.6) is 5.75 Å². The molecule has 2 aromatic rings. The maximum atomic E-state index is 9.75. The highest BCUT2D eigenvalue weighted by atomic mass is 79.9. The summed E-state index contributed by atoms with van der Waals surface area (Å²) < 4.78 is 0.693. The Labute approximate surface area is 133 Å². The lowest BCUT2D eigenvalue weighted by Crippen LogP contribution is -1.73. The van der Waals surface area contributed by atoms with Crippen LogP contribution in [-0.2, 0) is 0 Å². The van der Waals surface area contributed by atoms with Crippen LogP contribution in [0.15, 0.2) is 45.0 Å². The quantitative estimate of drug-likeness (QED) is 0.592. The van der Waals surface area contributed by atoms with Crippen LogP contribution >= 0.6 is 50.7 Å². The largest absolute Gasteiger partial charge is 0.504 e. The Bertz CT molecular complexity index is 662. The second kappa shape index (κ2) is 6.09. The lowest BCUT2D eigenvalue weighted by atomic mass is 10.3. The topological polar surface area (TPSA) is 45.0 Å². The Morgan fingerprint density at radius 2 is 1.63 bits per heavy atom. The molecule has 0 saturated heterocycles. The summed E-state index contributed by atoms with van der Waals surface area (Å²) in [5.74, 6) is -0.131. The summed E-state index contributed by atoms with van der Waals surface area (Å²) in [7, 11) is 0. The van der Waals surface area contributed by atoms with E-state index >= 15 is 0 Å². The summed E-state index contributed by atoms with van der Waals surface area (Å²) in [4.78, 5) is 0. The molecular formula is C12H6BrCl3N2O. The van der Waals surface area contributed by atoms with Crippen LogP contribution in [0.3, 0.4) is 0 Å². The van der Waals surface area contributed by atoms with E-state index in [9.17, 15) is 5.11 Å². The molecule has 1 N–H and O–H groups in total. The molecule has 3 nitrogen and oxygen atoms in total. The van der Waals surface area contributed by atoms with E-state index in [1.54, 1.807) is 30.3 Å². The van der Waals surface area contributed by atoms with Crippen molar-refractivity contribution in [1.29, 1.82) is 0 Å². The predicted molar refractivity (Wildman–Crippen MR) is 81.5 cm³/mol. The van der Waals surface area contributed by atoms with Gasteiger partial charge in [0.1, 0.15) is 5.69 Å². The van der Waals surface area contributed by atoms with Crippen molar-refractivity contribution in [2.75, 3.05) is 0 Å². The van der Waals surface area contributed by atoms with Gasteiger partial charge in [-0.1, -0.05) is 50.7 Å². The van der Waals surface area contributed by atoms with Crippen molar-refractivity contribution >= 4 is 62.1 Å². The van der Waals surface area contributed by atoms with Gasteiger partial charge in [0.05, 0.1) is 20.8 Å². The van der Waals surface area contributed by atoms with Gasteiger partial charge in [0, 0.05) is 4.47 Å². The first-order valence-electron chi connectivity index (χ1n) is 5.02. The van der Waals surface area contributed by atoms with E-state index in [4.69, 9.17) is 34.8 Å². The molecule has 0 heterocycles. The second-order valence-electron chi connectivity index (χ2n) is 3.55. The Morgan fingerprint density at radius 3 is 2.32 bits per heavy atom. The van der Waals surface area contributed by atoms with Crippen molar-refractivity contribution in [3.8, 4) is 5.75 Å². The van der Waals surface area contributed by atoms with Gasteiger partial charge >= 0.3 is 0 Å². The molecular weight excluding hydrogens is 374 g/mol. The fourth-order valence-electron chi connectivity index (χ4n) is 1.29. The maximum Gasteiger partial charge on any atom is 0.161 e. The van der Waals surface area contributed by atoms with Crippen LogP contribution in [0.4, 0.5) is 11.4 Å². The van der Waals surface area contributed by atoms with Crippen molar-refractivity contribution in [2.24, 2.45) is 10.2 Å². The molecule has 0 aromatic heterocycles. The zero-order valence-electron chi connectivity index (χ0n) is 9.24. The molecule has 2 rings (SSSR count). The molecule has 98 valence electrons. The molecule has 0 bridgehead atoms. The highest BCUT2D eigenvalue weighted by Gasteiger charge is 2.07. The number of phenolic OH excluding ortho intramolecular Hbond substituents is 1. The van der Waals surface area contributed by atoms with Crippen molar-refractivity contribution in [3.63, 3.8) is 0 Å². The first-order chi connectivity index (χ1) is 8.97. The molecule has 2 aromatic carbocycles. The molecule has 0 radical (unpaired) electrons. The summed E-state index contributed by atoms with van der Waals surface area (Å²) in [5, 5.41) is 18.7. The normalized spacial score (nSPS) is 11.2. The lowest BCUT2D eigenvalue weighted by molar-refractivity contribution is 0.476. The number of aromatic hydroxyl groups is 1. The highest BCUT2D eigenvalue weighted by Crippen LogP contribution is 2.38. The molecule has 0 saturated carbocycles. The van der Waals surface area contributed by atoms with Gasteiger partial charge in [0.2, 0.25) is 0 Å². The van der Waals surface area contributed by atoms with Crippen molar-refractivity contribution in [3.05, 3.63) is 49.9 Å². The van der Waals surface area contributed by atoms with Crippen LogP contribution in [0.25, 0.3) is 0 Å². The average molecular weight is 380 g/mol. The third-order valence-corrected chi connectivity index (χ3v) is 3.67. The SMILES string of the molecule is Oc1c(Cl)cc(Br)cc1N=Nc1ccc(Cl)c(Cl)c1. The fourth-order valence-corrected chi connectivity index (χ4v) is 2.37. The van der Waals surface area contributed by atoms with Gasteiger partial charge in [0.15, 0.2) is 5.75 Å². The number of nitrogens with zero attached hydrogens (tertiary/aromatic N) is 2. The molecule has 0 unspecified atom stereocenters. The van der Waals surface area contributed by atoms with Crippen LogP contribution < -0.4 is 0 Å². The second-order valence-corrected chi connectivity index (χ2v) is 5.69. The number of rotatable bonds is 2. The molecule has 19 heavy (non-hydrogen) atoms. The minimum absolute atomic E-state index is 0.131. The Hall–Kier alpha value is -0.810. The number of hydrogen-bond acceptors (Lipinski definition) is 3. The van der Waals surface area contributed by atoms with Gasteiger partial charge in [-0.3, -0.25) is 0 Å². The maximum absolute atomic E-state index is 9.75. The Balaban J connectivity index is 2.35. The molecule has 0 aliphatic carbocycles. The fraction of sp³-hybridized carbons (Fsp3) is 0. The summed E-state index contributed by atoms with van der Waals surface area (Å²) >= 11 is 20.7. The molecule has 7 heteroatoms. The third kappa shape index (κ3) is 3.60. The summed E-state index contributed by atoms with van der Waals surface area (Å²) in [5.41, 5.74) is 0.773. The smallest absolute Gasteiger partial charge is 0.161 e. The number of halogens is 4. The summed E-state index contributed by atoms with van der Waals surface area (Å²) in [6.45, 7) is 0. The van der Waals surface area contributed by atoms with E-state index in [0.29, 0.717) is 20.2 Å². The van der Waals surface area contributed by atoms with Crippen LogP contribution in [0, 0.1) is 0 Å². The van der Waals surface area contributed by atoms with Gasteiger partial charge in [-0.25, -0.2) is 0 Å². The summed E-state index contributed by atoms with van der Waals surface area (Å²) in [6, 6.07) is 8.02. The van der Waals surface area contributed by atoms with Gasteiger partial charge in [0.25, 0.3) is 0 Å². The van der Waals surface area contributed by atoms with Crippen LogP contribution in [0.2, 0.25) is 15.1 Å². The molecule has 0 fully saturated rings. The first-order valence-corrected chi connectivity index (χ1v) is 6.95. The predicted octanol–water partition coefficient (Wildman–Crippen LogP) is 6.53. The van der Waals surface area contributed by atoms with Crippen molar-refractivity contribution in [1.82, 2.24) is 0 Å². The van der Waals surface area contributed by atoms with E-state index in [1.807, 2.05) is 0 Å². The third-order valence-electron chi connectivity index (χ3n) is 2.18. The number of phenols is 1. The van der Waals surface area contributed by atoms with Gasteiger partial charge in [-0.05, 0) is 30.3 Å². The first kappa shape index (κ1) is 14.6. The summed E-state index contributed by atoms with van der Waals surface area (Å²) in [6.07, 6.45) is 0. The van der Waals surface area contributed by atoms with Gasteiger partial charge in [-0.15, -0.1) is 5.11 Å². The Kier molecular flexibility index (Phi) is 4.68. The van der Waals surface area contributed by atoms with Crippen molar-refractivity contribution in [2.45, 2.75) is 0 Å². The molecule has 0 aliphatic rings. The molecule has 0 aliphatic heterocycles. The van der Waals surface area contributed by atoms with Gasteiger partial charge in [-0.2, -0.15) is 5.11 Å². The average Bonchev–Trinajstić information content (AvgIpc) is 2.36. The zero-order valence-corrected chi connectivity index (χ0v) is 13.1. The number of hydrogen-bond donors (Lipinski definition) is 1. The number of azo groups is 1. The van der Waals surface area contributed by atoms with E-state index in [0.717, 1.165) is 0 Å². The van der Waals surface area contributed by atoms with Gasteiger partial charge < -0.3 is 5.11 Å². The van der Waals surface area contributed by atoms with Crippen LogP contribution in [0.1, 0.15) is 0 Å². The van der Waals surface area contributed by atoms with E-state index in [2.05, 4.69) is 26.2 Å². The van der Waals surface area contributed by atoms with E-state index in [1.165, 1.54) is 0 Å². The standard InChI is InChI=1S/C12H6BrCl3N2O/c13-6-3-10(16)12(19)11(4-6)18-17-7-1-2-8(14)9(15)5-7/h1-5,19H. The monoisotopic (exact) mass is 378 g/mol. The minimum atomic E-state index is -0.131. The molecule has 0 spiro atoms.